The fourth-order valence-corrected chi connectivity index (χ4v) is 3.61. The number of ether oxygens (including phenoxy) is 1. The maximum Gasteiger partial charge on any atom is 0.366 e. The molecule has 2 aromatic rings. The van der Waals surface area contributed by atoms with Crippen molar-refractivity contribution in [2.45, 2.75) is 25.4 Å². The van der Waals surface area contributed by atoms with Crippen LogP contribution in [0.4, 0.5) is 11.6 Å². The van der Waals surface area contributed by atoms with Gasteiger partial charge >= 0.3 is 5.82 Å². The minimum absolute atomic E-state index is 0.00161. The second kappa shape index (κ2) is 7.86. The first-order valence-electron chi connectivity index (χ1n) is 9.51. The van der Waals surface area contributed by atoms with Gasteiger partial charge in [0.2, 0.25) is 12.0 Å². The predicted molar refractivity (Wildman–Crippen MR) is 103 cm³/mol. The van der Waals surface area contributed by atoms with Crippen LogP contribution in [0.2, 0.25) is 0 Å². The summed E-state index contributed by atoms with van der Waals surface area (Å²) in [7, 11) is 0. The Balaban J connectivity index is 1.69. The lowest BCUT2D eigenvalue weighted by Gasteiger charge is -2.33. The number of aromatic nitrogens is 1. The highest BCUT2D eigenvalue weighted by atomic mass is 16.6. The van der Waals surface area contributed by atoms with Gasteiger partial charge in [-0.1, -0.05) is 30.3 Å². The molecule has 1 aromatic carbocycles. The third-order valence-electron chi connectivity index (χ3n) is 5.11. The minimum atomic E-state index is -0.943. The second-order valence-corrected chi connectivity index (χ2v) is 7.02. The summed E-state index contributed by atoms with van der Waals surface area (Å²) in [5.74, 6) is -0.848. The molecule has 29 heavy (non-hydrogen) atoms. The molecule has 2 amide bonds. The normalized spacial score (nSPS) is 18.8. The lowest BCUT2D eigenvalue weighted by atomic mass is 10.1. The molecule has 9 heteroatoms. The highest BCUT2D eigenvalue weighted by Crippen LogP contribution is 2.38. The van der Waals surface area contributed by atoms with Crippen molar-refractivity contribution in [2.24, 2.45) is 0 Å². The molecule has 0 spiro atoms. The summed E-state index contributed by atoms with van der Waals surface area (Å²) in [4.78, 5) is 43.4. The lowest BCUT2D eigenvalue weighted by Crippen LogP contribution is -2.49. The van der Waals surface area contributed by atoms with E-state index in [2.05, 4.69) is 4.98 Å². The van der Waals surface area contributed by atoms with Crippen molar-refractivity contribution in [1.29, 1.82) is 0 Å². The van der Waals surface area contributed by atoms with Gasteiger partial charge in [-0.25, -0.2) is 0 Å². The van der Waals surface area contributed by atoms with Crippen LogP contribution >= 0.6 is 0 Å². The number of likely N-dealkylation sites (tertiary alicyclic amines) is 1. The zero-order valence-corrected chi connectivity index (χ0v) is 15.7. The Morgan fingerprint density at radius 3 is 2.55 bits per heavy atom. The van der Waals surface area contributed by atoms with E-state index in [0.29, 0.717) is 18.7 Å². The average Bonchev–Trinajstić information content (AvgIpc) is 2.76. The fraction of sp³-hybridized carbons (Fsp3) is 0.350. The van der Waals surface area contributed by atoms with Gasteiger partial charge in [0.25, 0.3) is 11.7 Å². The van der Waals surface area contributed by atoms with E-state index >= 15 is 0 Å². The summed E-state index contributed by atoms with van der Waals surface area (Å²) < 4.78 is 5.82. The summed E-state index contributed by atoms with van der Waals surface area (Å²) in [6, 6.07) is 11.6. The first-order chi connectivity index (χ1) is 14.0. The molecule has 2 aliphatic rings. The number of rotatable bonds is 4. The van der Waals surface area contributed by atoms with Gasteiger partial charge in [-0.3, -0.25) is 14.5 Å². The molecule has 0 radical (unpaired) electrons. The van der Waals surface area contributed by atoms with Crippen LogP contribution in [0.3, 0.4) is 0 Å². The van der Waals surface area contributed by atoms with E-state index < -0.39 is 22.8 Å². The molecule has 0 N–H and O–H groups in total. The molecule has 150 valence electrons. The first-order valence-corrected chi connectivity index (χ1v) is 9.51. The first kappa shape index (κ1) is 18.9. The summed E-state index contributed by atoms with van der Waals surface area (Å²) in [6.45, 7) is 1.07. The molecule has 1 fully saturated rings. The summed E-state index contributed by atoms with van der Waals surface area (Å²) in [5.41, 5.74) is 0.636. The number of hydrogen-bond donors (Lipinski definition) is 0. The van der Waals surface area contributed by atoms with E-state index in [1.165, 1.54) is 17.0 Å². The molecular weight excluding hydrogens is 376 g/mol. The number of nitrogens with zero attached hydrogens (tertiary/aromatic N) is 4. The Bertz CT molecular complexity index is 943. The molecular formula is C20H20N4O5. The molecule has 1 saturated heterocycles. The van der Waals surface area contributed by atoms with Crippen LogP contribution in [-0.4, -0.2) is 46.3 Å². The number of carbonyl (C=O) groups is 2. The van der Waals surface area contributed by atoms with E-state index in [0.717, 1.165) is 19.3 Å². The molecule has 2 aliphatic heterocycles. The van der Waals surface area contributed by atoms with Crippen LogP contribution < -0.4 is 9.64 Å². The van der Waals surface area contributed by atoms with Gasteiger partial charge in [0.1, 0.15) is 6.54 Å². The number of pyridine rings is 1. The lowest BCUT2D eigenvalue weighted by molar-refractivity contribution is -0.389. The van der Waals surface area contributed by atoms with Crippen LogP contribution in [-0.2, 0) is 9.59 Å². The number of amides is 2. The Morgan fingerprint density at radius 1 is 1.14 bits per heavy atom. The van der Waals surface area contributed by atoms with E-state index in [1.54, 1.807) is 29.2 Å². The van der Waals surface area contributed by atoms with Crippen molar-refractivity contribution in [3.05, 3.63) is 58.1 Å². The Labute approximate surface area is 167 Å². The monoisotopic (exact) mass is 396 g/mol. The highest BCUT2D eigenvalue weighted by Gasteiger charge is 2.41. The van der Waals surface area contributed by atoms with Crippen molar-refractivity contribution in [1.82, 2.24) is 9.88 Å². The number of benzene rings is 1. The number of anilines is 1. The molecule has 0 saturated carbocycles. The fourth-order valence-electron chi connectivity index (χ4n) is 3.61. The Kier molecular flexibility index (Phi) is 5.11. The molecule has 9 nitrogen and oxygen atoms in total. The summed E-state index contributed by atoms with van der Waals surface area (Å²) >= 11 is 0. The third-order valence-corrected chi connectivity index (χ3v) is 5.11. The smallest absolute Gasteiger partial charge is 0.366 e. The predicted octanol–water partition coefficient (Wildman–Crippen LogP) is 2.47. The minimum Gasteiger partial charge on any atom is -0.469 e. The van der Waals surface area contributed by atoms with Gasteiger partial charge < -0.3 is 19.8 Å². The standard InChI is InChI=1S/C20H20N4O5/c25-17(22-11-5-2-6-12-22)13-23-19-15(9-10-16(21-19)24(27)28)29-18(20(23)26)14-7-3-1-4-8-14/h1,3-4,7-10,18H,2,5-6,11-13H2. The zero-order valence-electron chi connectivity index (χ0n) is 15.7. The van der Waals surface area contributed by atoms with E-state index in [1.807, 2.05) is 6.07 Å². The third kappa shape index (κ3) is 3.75. The van der Waals surface area contributed by atoms with Crippen molar-refractivity contribution in [3.8, 4) is 5.75 Å². The molecule has 1 aromatic heterocycles. The molecule has 3 heterocycles. The molecule has 1 unspecified atom stereocenters. The maximum absolute atomic E-state index is 13.2. The van der Waals surface area contributed by atoms with Crippen LogP contribution in [0.5, 0.6) is 5.75 Å². The van der Waals surface area contributed by atoms with Gasteiger partial charge in [0, 0.05) is 24.7 Å². The van der Waals surface area contributed by atoms with Crippen molar-refractivity contribution in [2.75, 3.05) is 24.5 Å². The quantitative estimate of drug-likeness (QED) is 0.581. The van der Waals surface area contributed by atoms with Crippen molar-refractivity contribution in [3.63, 3.8) is 0 Å². The average molecular weight is 396 g/mol. The number of fused-ring (bicyclic) bond motifs is 1. The SMILES string of the molecule is O=C(CN1C(=O)C(c2ccccc2)Oc2ccc([N+](=O)[O-])nc21)N1CCCCC1. The summed E-state index contributed by atoms with van der Waals surface area (Å²) in [6.07, 6.45) is 1.99. The largest absolute Gasteiger partial charge is 0.469 e. The van der Waals surface area contributed by atoms with E-state index in [-0.39, 0.29) is 24.0 Å². The molecule has 4 rings (SSSR count). The number of piperidine rings is 1. The number of hydrogen-bond acceptors (Lipinski definition) is 6. The van der Waals surface area contributed by atoms with Crippen molar-refractivity contribution < 1.29 is 19.2 Å². The molecule has 1 atom stereocenters. The van der Waals surface area contributed by atoms with Crippen LogP contribution in [0.25, 0.3) is 0 Å². The van der Waals surface area contributed by atoms with Gasteiger partial charge in [-0.05, 0) is 35.2 Å². The number of carbonyl (C=O) groups excluding carboxylic acids is 2. The number of nitro groups is 1. The van der Waals surface area contributed by atoms with Crippen LogP contribution in [0.15, 0.2) is 42.5 Å². The highest BCUT2D eigenvalue weighted by molar-refractivity contribution is 6.03. The van der Waals surface area contributed by atoms with Gasteiger partial charge in [-0.15, -0.1) is 0 Å². The van der Waals surface area contributed by atoms with Crippen LogP contribution in [0, 0.1) is 10.1 Å². The Hall–Kier alpha value is -3.49. The maximum atomic E-state index is 13.2. The van der Waals surface area contributed by atoms with Crippen molar-refractivity contribution >= 4 is 23.5 Å². The van der Waals surface area contributed by atoms with Crippen LogP contribution in [0.1, 0.15) is 30.9 Å². The topological polar surface area (TPSA) is 106 Å². The van der Waals surface area contributed by atoms with Gasteiger partial charge in [0.05, 0.1) is 0 Å². The van der Waals surface area contributed by atoms with Gasteiger partial charge in [-0.2, -0.15) is 0 Å². The Morgan fingerprint density at radius 2 is 1.86 bits per heavy atom. The van der Waals surface area contributed by atoms with E-state index in [9.17, 15) is 19.7 Å². The second-order valence-electron chi connectivity index (χ2n) is 7.02. The van der Waals surface area contributed by atoms with E-state index in [4.69, 9.17) is 4.74 Å². The molecule has 0 aliphatic carbocycles. The zero-order chi connectivity index (χ0) is 20.4. The molecule has 0 bridgehead atoms. The summed E-state index contributed by atoms with van der Waals surface area (Å²) in [5, 5.41) is 11.2. The van der Waals surface area contributed by atoms with Gasteiger partial charge in [0.15, 0.2) is 5.75 Å².